The van der Waals surface area contributed by atoms with Crippen molar-refractivity contribution in [1.29, 1.82) is 0 Å². The normalized spacial score (nSPS) is 17.2. The predicted molar refractivity (Wildman–Crippen MR) is 250 cm³/mol. The average Bonchev–Trinajstić information content (AvgIpc) is 3.62. The Bertz CT molecular complexity index is 1830. The molecule has 2 heterocycles. The van der Waals surface area contributed by atoms with E-state index in [0.29, 0.717) is 30.6 Å². The average molecular weight is 806 g/mol. The highest BCUT2D eigenvalue weighted by molar-refractivity contribution is 5.95. The highest BCUT2D eigenvalue weighted by Crippen LogP contribution is 2.42. The number of allylic oxidation sites excluding steroid dienone is 2. The van der Waals surface area contributed by atoms with Gasteiger partial charge in [-0.1, -0.05) is 121 Å². The Morgan fingerprint density at radius 1 is 1.05 bits per heavy atom. The topological polar surface area (TPSA) is 89.7 Å². The maximum Gasteiger partial charge on any atom is 0.275 e. The molecule has 5 rings (SSSR count). The van der Waals surface area contributed by atoms with Gasteiger partial charge < -0.3 is 30.0 Å². The van der Waals surface area contributed by atoms with Gasteiger partial charge in [0, 0.05) is 24.0 Å². The maximum atomic E-state index is 13.8. The first-order valence-corrected chi connectivity index (χ1v) is 22.1. The molecule has 2 aliphatic rings. The molecule has 3 atom stereocenters. The Hall–Kier alpha value is -4.66. The third-order valence-electron chi connectivity index (χ3n) is 11.3. The van der Waals surface area contributed by atoms with Crippen molar-refractivity contribution in [1.82, 2.24) is 25.4 Å². The number of benzene rings is 2. The van der Waals surface area contributed by atoms with Gasteiger partial charge in [0.2, 0.25) is 0 Å². The first-order valence-electron chi connectivity index (χ1n) is 22.1. The van der Waals surface area contributed by atoms with E-state index in [2.05, 4.69) is 143 Å². The van der Waals surface area contributed by atoms with E-state index < -0.39 is 0 Å². The molecule has 3 unspecified atom stereocenters. The molecule has 59 heavy (non-hydrogen) atoms. The molecule has 1 saturated heterocycles. The standard InChI is InChI=1S/C34H45N3O3.C13H20N2.C4H10/c1-7-29-22-40-21-24(4)37(29)26(6)36(18-19-38)34(39)33(8-2)35-25(5)28-17-16-23(3)32(20-28)31-15-10-9-14-30(31)27-12-11-13-27;1-4-6-7-8-13-11(5-2)9-12(15-13)10-14-3;1-3-4-2/h8-10,14-17,19-20,24-25,27,29,35H,6-7,11-13,18,21-22H2,1-5H3;5,7-9,14-15H,2,4,6,10H2,1,3H3;3-4H2,1-2H3/b33-8+;8-7-;. The van der Waals surface area contributed by atoms with E-state index in [1.807, 2.05) is 20.0 Å². The Kier molecular flexibility index (Phi) is 21.3. The van der Waals surface area contributed by atoms with Crippen molar-refractivity contribution < 1.29 is 14.3 Å². The number of morpholine rings is 1. The summed E-state index contributed by atoms with van der Waals surface area (Å²) in [7, 11) is 1.95. The zero-order chi connectivity index (χ0) is 43.3. The molecule has 3 aromatic rings. The van der Waals surface area contributed by atoms with Crippen molar-refractivity contribution >= 4 is 24.3 Å². The minimum Gasteiger partial charge on any atom is -0.377 e. The number of rotatable bonds is 18. The van der Waals surface area contributed by atoms with Crippen molar-refractivity contribution in [2.45, 2.75) is 137 Å². The van der Waals surface area contributed by atoms with E-state index in [4.69, 9.17) is 4.74 Å². The number of hydrogen-bond donors (Lipinski definition) is 3. The van der Waals surface area contributed by atoms with Gasteiger partial charge in [0.25, 0.3) is 5.91 Å². The Balaban J connectivity index is 0.000000405. The van der Waals surface area contributed by atoms with Gasteiger partial charge >= 0.3 is 0 Å². The molecule has 1 saturated carbocycles. The SMILES string of the molecule is C=C(N(CC=O)C(=O)/C(=C\C)NC(C)c1ccc(C)c(-c2ccccc2C2CCC2)c1)N1C(C)COCC1CC.C=Cc1cc(CNC)[nH]c1/C=C\CCC.CCCC. The van der Waals surface area contributed by atoms with E-state index >= 15 is 0 Å². The number of aldehydes is 1. The monoisotopic (exact) mass is 806 g/mol. The lowest BCUT2D eigenvalue weighted by Crippen LogP contribution is -2.54. The van der Waals surface area contributed by atoms with Crippen LogP contribution >= 0.6 is 0 Å². The molecule has 1 aliphatic heterocycles. The molecule has 8 heteroatoms. The molecule has 1 aliphatic carbocycles. The van der Waals surface area contributed by atoms with Crippen molar-refractivity contribution in [3.63, 3.8) is 0 Å². The summed E-state index contributed by atoms with van der Waals surface area (Å²) in [5, 5.41) is 6.57. The number of H-pyrrole nitrogens is 1. The summed E-state index contributed by atoms with van der Waals surface area (Å²) in [5.74, 6) is 0.918. The van der Waals surface area contributed by atoms with Crippen LogP contribution in [0.3, 0.4) is 0 Å². The lowest BCUT2D eigenvalue weighted by atomic mass is 9.76. The molecule has 2 fully saturated rings. The molecule has 0 bridgehead atoms. The van der Waals surface area contributed by atoms with Crippen molar-refractivity contribution in [2.75, 3.05) is 26.8 Å². The van der Waals surface area contributed by atoms with E-state index in [1.54, 1.807) is 6.08 Å². The molecule has 3 N–H and O–H groups in total. The smallest absolute Gasteiger partial charge is 0.275 e. The van der Waals surface area contributed by atoms with Gasteiger partial charge in [-0.15, -0.1) is 0 Å². The van der Waals surface area contributed by atoms with Gasteiger partial charge in [-0.05, 0) is 118 Å². The Morgan fingerprint density at radius 2 is 1.78 bits per heavy atom. The third-order valence-corrected chi connectivity index (χ3v) is 11.3. The van der Waals surface area contributed by atoms with Gasteiger partial charge in [-0.25, -0.2) is 0 Å². The molecule has 0 radical (unpaired) electrons. The Labute approximate surface area is 357 Å². The summed E-state index contributed by atoms with van der Waals surface area (Å²) in [6, 6.07) is 17.5. The molecule has 0 spiro atoms. The molecular weight excluding hydrogens is 731 g/mol. The van der Waals surface area contributed by atoms with Gasteiger partial charge in [0.05, 0.1) is 37.5 Å². The van der Waals surface area contributed by atoms with E-state index in [9.17, 15) is 9.59 Å². The molecule has 2 aromatic carbocycles. The number of aryl methyl sites for hydroxylation is 1. The van der Waals surface area contributed by atoms with Crippen molar-refractivity contribution in [2.24, 2.45) is 0 Å². The van der Waals surface area contributed by atoms with Crippen LogP contribution in [-0.4, -0.2) is 65.9 Å². The molecule has 1 aromatic heterocycles. The summed E-state index contributed by atoms with van der Waals surface area (Å²) in [4.78, 5) is 32.5. The molecule has 8 nitrogen and oxygen atoms in total. The first-order chi connectivity index (χ1) is 28.5. The van der Waals surface area contributed by atoms with Crippen LogP contribution in [0, 0.1) is 6.92 Å². The highest BCUT2D eigenvalue weighted by Gasteiger charge is 2.33. The van der Waals surface area contributed by atoms with Crippen molar-refractivity contribution in [3.8, 4) is 11.1 Å². The number of aromatic amines is 1. The summed E-state index contributed by atoms with van der Waals surface area (Å²) >= 11 is 0. The van der Waals surface area contributed by atoms with Crippen molar-refractivity contribution in [3.05, 3.63) is 119 Å². The number of nitrogens with zero attached hydrogens (tertiary/aromatic N) is 2. The number of amides is 1. The summed E-state index contributed by atoms with van der Waals surface area (Å²) in [5.41, 5.74) is 10.3. The fourth-order valence-corrected chi connectivity index (χ4v) is 7.45. The highest BCUT2D eigenvalue weighted by atomic mass is 16.5. The van der Waals surface area contributed by atoms with Crippen LogP contribution < -0.4 is 10.6 Å². The second-order valence-corrected chi connectivity index (χ2v) is 15.8. The summed E-state index contributed by atoms with van der Waals surface area (Å²) in [6.45, 7) is 26.8. The number of hydrogen-bond acceptors (Lipinski definition) is 6. The van der Waals surface area contributed by atoms with E-state index in [0.717, 1.165) is 36.9 Å². The van der Waals surface area contributed by atoms with Crippen LogP contribution in [0.25, 0.3) is 23.3 Å². The van der Waals surface area contributed by atoms with Crippen LogP contribution in [0.15, 0.2) is 85.4 Å². The van der Waals surface area contributed by atoms with E-state index in [-0.39, 0.29) is 30.6 Å². The van der Waals surface area contributed by atoms with Crippen LogP contribution in [0.5, 0.6) is 0 Å². The lowest BCUT2D eigenvalue weighted by molar-refractivity contribution is -0.131. The molecule has 322 valence electrons. The fraction of sp³-hybridized carbons (Fsp3) is 0.490. The van der Waals surface area contributed by atoms with Gasteiger partial charge in [0.1, 0.15) is 12.1 Å². The summed E-state index contributed by atoms with van der Waals surface area (Å²) < 4.78 is 5.74. The van der Waals surface area contributed by atoms with Crippen LogP contribution in [0.2, 0.25) is 0 Å². The number of aromatic nitrogens is 1. The number of carbonyl (C=O) groups is 2. The zero-order valence-electron chi connectivity index (χ0n) is 37.8. The molecule has 1 amide bonds. The number of carbonyl (C=O) groups excluding carboxylic acids is 2. The Morgan fingerprint density at radius 3 is 2.37 bits per heavy atom. The summed E-state index contributed by atoms with van der Waals surface area (Å²) in [6.07, 6.45) is 18.4. The zero-order valence-corrected chi connectivity index (χ0v) is 37.8. The van der Waals surface area contributed by atoms with Gasteiger partial charge in [-0.3, -0.25) is 9.69 Å². The van der Waals surface area contributed by atoms with Gasteiger partial charge in [-0.2, -0.15) is 0 Å². The fourth-order valence-electron chi connectivity index (χ4n) is 7.45. The first kappa shape index (κ1) is 48.7. The quantitative estimate of drug-likeness (QED) is 0.0876. The minimum absolute atomic E-state index is 0.0573. The largest absolute Gasteiger partial charge is 0.377 e. The lowest BCUT2D eigenvalue weighted by Gasteiger charge is -2.45. The number of nitrogens with one attached hydrogen (secondary N) is 3. The minimum atomic E-state index is -0.261. The van der Waals surface area contributed by atoms with E-state index in [1.165, 1.54) is 76.9 Å². The third kappa shape index (κ3) is 13.7. The molecular formula is C51H75N5O3. The predicted octanol–water partition coefficient (Wildman–Crippen LogP) is 11.5. The van der Waals surface area contributed by atoms with Crippen LogP contribution in [0.4, 0.5) is 0 Å². The maximum absolute atomic E-state index is 13.8. The second-order valence-electron chi connectivity index (χ2n) is 15.8. The van der Waals surface area contributed by atoms with Crippen LogP contribution in [0.1, 0.15) is 145 Å². The number of ether oxygens (including phenoxy) is 1. The second kappa shape index (κ2) is 25.7. The van der Waals surface area contributed by atoms with Gasteiger partial charge in [0.15, 0.2) is 0 Å². The number of unbranched alkanes of at least 4 members (excludes halogenated alkanes) is 2. The van der Waals surface area contributed by atoms with Crippen LogP contribution in [-0.2, 0) is 20.9 Å².